The number of guanidine groups is 1. The molecule has 7 heteroatoms. The number of hydrogen-bond acceptors (Lipinski definition) is 4. The molecule has 1 fully saturated rings. The highest BCUT2D eigenvalue weighted by Gasteiger charge is 2.21. The SMILES string of the molecule is CN=C(NCCc1ccccc1Cl)NC1CCN(c2cc(OC)cc(OC)c2)CC1. The minimum atomic E-state index is 0.389. The Balaban J connectivity index is 1.48. The van der Waals surface area contributed by atoms with Gasteiger partial charge in [-0.05, 0) is 30.9 Å². The molecule has 0 unspecified atom stereocenters. The topological polar surface area (TPSA) is 58.1 Å². The molecule has 3 rings (SSSR count). The van der Waals surface area contributed by atoms with Gasteiger partial charge in [0.25, 0.3) is 0 Å². The van der Waals surface area contributed by atoms with Crippen LogP contribution in [-0.4, -0.2) is 52.9 Å². The van der Waals surface area contributed by atoms with Crippen LogP contribution in [0.4, 0.5) is 5.69 Å². The van der Waals surface area contributed by atoms with Gasteiger partial charge in [-0.15, -0.1) is 0 Å². The molecule has 0 aliphatic carbocycles. The van der Waals surface area contributed by atoms with Gasteiger partial charge in [-0.1, -0.05) is 29.8 Å². The van der Waals surface area contributed by atoms with Crippen LogP contribution in [0.15, 0.2) is 47.5 Å². The van der Waals surface area contributed by atoms with Crippen LogP contribution >= 0.6 is 11.6 Å². The van der Waals surface area contributed by atoms with Crippen molar-refractivity contribution in [3.05, 3.63) is 53.1 Å². The van der Waals surface area contributed by atoms with Gasteiger partial charge in [-0.2, -0.15) is 0 Å². The van der Waals surface area contributed by atoms with Crippen LogP contribution < -0.4 is 25.0 Å². The van der Waals surface area contributed by atoms with Crippen LogP contribution in [0.3, 0.4) is 0 Å². The lowest BCUT2D eigenvalue weighted by Gasteiger charge is -2.34. The quantitative estimate of drug-likeness (QED) is 0.517. The van der Waals surface area contributed by atoms with Crippen LogP contribution in [0.1, 0.15) is 18.4 Å². The maximum absolute atomic E-state index is 6.24. The van der Waals surface area contributed by atoms with E-state index in [-0.39, 0.29) is 0 Å². The fourth-order valence-corrected chi connectivity index (χ4v) is 3.89. The number of nitrogens with zero attached hydrogens (tertiary/aromatic N) is 2. The van der Waals surface area contributed by atoms with Gasteiger partial charge in [0.15, 0.2) is 5.96 Å². The van der Waals surface area contributed by atoms with Gasteiger partial charge in [-0.25, -0.2) is 0 Å². The summed E-state index contributed by atoms with van der Waals surface area (Å²) in [5.74, 6) is 2.46. The standard InChI is InChI=1S/C23H31ClN4O2/c1-25-23(26-11-8-17-6-4-5-7-22(17)24)27-18-9-12-28(13-10-18)19-14-20(29-2)16-21(15-19)30-3/h4-7,14-16,18H,8-13H2,1-3H3,(H2,25,26,27). The van der Waals surface area contributed by atoms with E-state index < -0.39 is 0 Å². The zero-order chi connectivity index (χ0) is 21.3. The molecule has 30 heavy (non-hydrogen) atoms. The Bertz CT molecular complexity index is 829. The number of benzene rings is 2. The largest absolute Gasteiger partial charge is 0.497 e. The van der Waals surface area contributed by atoms with E-state index in [9.17, 15) is 0 Å². The Kier molecular flexibility index (Phi) is 8.08. The lowest BCUT2D eigenvalue weighted by molar-refractivity contribution is 0.393. The minimum Gasteiger partial charge on any atom is -0.497 e. The Morgan fingerprint density at radius 3 is 2.37 bits per heavy atom. The van der Waals surface area contributed by atoms with Crippen LogP contribution in [0.25, 0.3) is 0 Å². The predicted molar refractivity (Wildman–Crippen MR) is 124 cm³/mol. The molecule has 1 aliphatic heterocycles. The van der Waals surface area contributed by atoms with E-state index in [1.807, 2.05) is 31.3 Å². The normalized spacial score (nSPS) is 15.1. The number of nitrogens with one attached hydrogen (secondary N) is 2. The summed E-state index contributed by atoms with van der Waals surface area (Å²) >= 11 is 6.24. The molecular formula is C23H31ClN4O2. The van der Waals surface area contributed by atoms with E-state index in [2.05, 4.69) is 38.7 Å². The molecule has 0 atom stereocenters. The van der Waals surface area contributed by atoms with Crippen LogP contribution in [0, 0.1) is 0 Å². The van der Waals surface area contributed by atoms with Crippen molar-refractivity contribution in [3.8, 4) is 11.5 Å². The monoisotopic (exact) mass is 430 g/mol. The summed E-state index contributed by atoms with van der Waals surface area (Å²) < 4.78 is 10.8. The molecule has 0 saturated carbocycles. The number of anilines is 1. The van der Waals surface area contributed by atoms with Crippen molar-refractivity contribution >= 4 is 23.2 Å². The van der Waals surface area contributed by atoms with Crippen LogP contribution in [0.5, 0.6) is 11.5 Å². The van der Waals surface area contributed by atoms with Gasteiger partial charge in [0.2, 0.25) is 0 Å². The third-order valence-electron chi connectivity index (χ3n) is 5.41. The molecule has 2 aromatic carbocycles. The second-order valence-electron chi connectivity index (χ2n) is 7.32. The van der Waals surface area contributed by atoms with Gasteiger partial charge in [0.05, 0.1) is 14.2 Å². The van der Waals surface area contributed by atoms with E-state index in [1.54, 1.807) is 14.2 Å². The molecule has 2 aromatic rings. The number of methoxy groups -OCH3 is 2. The Morgan fingerprint density at radius 1 is 1.10 bits per heavy atom. The molecule has 1 heterocycles. The predicted octanol–water partition coefficient (Wildman–Crippen LogP) is 3.73. The summed E-state index contributed by atoms with van der Waals surface area (Å²) in [4.78, 5) is 6.74. The molecule has 2 N–H and O–H groups in total. The summed E-state index contributed by atoms with van der Waals surface area (Å²) in [6.45, 7) is 2.71. The molecule has 0 amide bonds. The Morgan fingerprint density at radius 2 is 1.77 bits per heavy atom. The van der Waals surface area contributed by atoms with Crippen molar-refractivity contribution in [1.29, 1.82) is 0 Å². The van der Waals surface area contributed by atoms with Gasteiger partial charge < -0.3 is 25.0 Å². The molecule has 1 saturated heterocycles. The molecular weight excluding hydrogens is 400 g/mol. The van der Waals surface area contributed by atoms with Gasteiger partial charge in [-0.3, -0.25) is 4.99 Å². The summed E-state index contributed by atoms with van der Waals surface area (Å²) in [7, 11) is 5.17. The van der Waals surface area contributed by atoms with Crippen molar-refractivity contribution in [2.45, 2.75) is 25.3 Å². The molecule has 0 bridgehead atoms. The third kappa shape index (κ3) is 5.95. The van der Waals surface area contributed by atoms with E-state index in [0.717, 1.165) is 72.6 Å². The highest BCUT2D eigenvalue weighted by molar-refractivity contribution is 6.31. The Labute approximate surface area is 184 Å². The zero-order valence-electron chi connectivity index (χ0n) is 18.0. The summed E-state index contributed by atoms with van der Waals surface area (Å²) in [5, 5.41) is 7.76. The van der Waals surface area contributed by atoms with E-state index in [0.29, 0.717) is 6.04 Å². The van der Waals surface area contributed by atoms with Crippen LogP contribution in [-0.2, 0) is 6.42 Å². The number of piperidine rings is 1. The van der Waals surface area contributed by atoms with Crippen molar-refractivity contribution in [2.75, 3.05) is 45.8 Å². The van der Waals surface area contributed by atoms with Crippen molar-refractivity contribution < 1.29 is 9.47 Å². The first-order valence-corrected chi connectivity index (χ1v) is 10.7. The Hall–Kier alpha value is -2.60. The molecule has 0 aromatic heterocycles. The fourth-order valence-electron chi connectivity index (χ4n) is 3.66. The van der Waals surface area contributed by atoms with Crippen molar-refractivity contribution in [1.82, 2.24) is 10.6 Å². The van der Waals surface area contributed by atoms with Gasteiger partial charge >= 0.3 is 0 Å². The maximum atomic E-state index is 6.24. The van der Waals surface area contributed by atoms with Crippen molar-refractivity contribution in [2.24, 2.45) is 4.99 Å². The fraction of sp³-hybridized carbons (Fsp3) is 0.435. The molecule has 1 aliphatic rings. The summed E-state index contributed by atoms with van der Waals surface area (Å²) in [5.41, 5.74) is 2.27. The first kappa shape index (κ1) is 22.1. The highest BCUT2D eigenvalue weighted by Crippen LogP contribution is 2.30. The summed E-state index contributed by atoms with van der Waals surface area (Å²) in [6, 6.07) is 14.4. The number of ether oxygens (including phenoxy) is 2. The molecule has 162 valence electrons. The van der Waals surface area contributed by atoms with Gasteiger partial charge in [0, 0.05) is 61.6 Å². The van der Waals surface area contributed by atoms with Crippen LogP contribution in [0.2, 0.25) is 5.02 Å². The highest BCUT2D eigenvalue weighted by atomic mass is 35.5. The number of aliphatic imine (C=N–C) groups is 1. The minimum absolute atomic E-state index is 0.389. The first-order chi connectivity index (χ1) is 14.6. The second kappa shape index (κ2) is 11.0. The zero-order valence-corrected chi connectivity index (χ0v) is 18.7. The summed E-state index contributed by atoms with van der Waals surface area (Å²) in [6.07, 6.45) is 2.92. The second-order valence-corrected chi connectivity index (χ2v) is 7.72. The lowest BCUT2D eigenvalue weighted by Crippen LogP contribution is -2.49. The smallest absolute Gasteiger partial charge is 0.191 e. The number of hydrogen-bond donors (Lipinski definition) is 2. The average molecular weight is 431 g/mol. The lowest BCUT2D eigenvalue weighted by atomic mass is 10.0. The average Bonchev–Trinajstić information content (AvgIpc) is 2.79. The molecule has 0 spiro atoms. The first-order valence-electron chi connectivity index (χ1n) is 10.3. The number of rotatable bonds is 7. The molecule has 6 nitrogen and oxygen atoms in total. The number of halogens is 1. The third-order valence-corrected chi connectivity index (χ3v) is 5.77. The van der Waals surface area contributed by atoms with E-state index in [1.165, 1.54) is 0 Å². The van der Waals surface area contributed by atoms with Crippen molar-refractivity contribution in [3.63, 3.8) is 0 Å². The maximum Gasteiger partial charge on any atom is 0.191 e. The molecule has 0 radical (unpaired) electrons. The van der Waals surface area contributed by atoms with E-state index in [4.69, 9.17) is 21.1 Å². The van der Waals surface area contributed by atoms with E-state index >= 15 is 0 Å². The van der Waals surface area contributed by atoms with Gasteiger partial charge in [0.1, 0.15) is 11.5 Å².